The Morgan fingerprint density at radius 1 is 0.531 bits per heavy atom. The zero-order chi connectivity index (χ0) is 32.5. The predicted octanol–water partition coefficient (Wildman–Crippen LogP) is 11.2. The van der Waals surface area contributed by atoms with Crippen molar-refractivity contribution in [3.05, 3.63) is 126 Å². The standard InChI is InChI=1S/C44H34N4S/c45-26-27-9-15-37-38-16-12-34(22-40(38)49-39(37)20-27)33-7-4-8-35(21-33)43-47-41(31-5-2-1-3-6-31)46-42(48-43)32-10-13-36(14-11-32)44-23-28-17-29(24-44)19-30(18-28)25-44/h1-16,20-22,28-30H,17-19,23-25H2/t28-,29+,30-,44?. The lowest BCUT2D eigenvalue weighted by Gasteiger charge is -2.57. The first-order valence-electron chi connectivity index (χ1n) is 17.5. The molecule has 4 nitrogen and oxygen atoms in total. The topological polar surface area (TPSA) is 62.5 Å². The molecular formula is C44H34N4S. The molecule has 0 unspecified atom stereocenters. The molecule has 4 aliphatic carbocycles. The normalized spacial score (nSPS) is 22.5. The highest BCUT2D eigenvalue weighted by Gasteiger charge is 2.51. The van der Waals surface area contributed by atoms with E-state index >= 15 is 0 Å². The number of hydrogen-bond donors (Lipinski definition) is 0. The molecule has 2 aromatic heterocycles. The van der Waals surface area contributed by atoms with E-state index in [0.29, 0.717) is 28.5 Å². The minimum atomic E-state index is 0.367. The summed E-state index contributed by atoms with van der Waals surface area (Å²) in [6, 6.07) is 42.8. The van der Waals surface area contributed by atoms with Crippen LogP contribution in [0.3, 0.4) is 0 Å². The first-order valence-corrected chi connectivity index (χ1v) is 18.3. The van der Waals surface area contributed by atoms with Crippen LogP contribution >= 0.6 is 11.3 Å². The maximum Gasteiger partial charge on any atom is 0.164 e. The lowest BCUT2D eigenvalue weighted by Crippen LogP contribution is -2.48. The lowest BCUT2D eigenvalue weighted by atomic mass is 9.48. The summed E-state index contributed by atoms with van der Waals surface area (Å²) in [5.74, 6) is 4.82. The van der Waals surface area contributed by atoms with Crippen molar-refractivity contribution < 1.29 is 0 Å². The van der Waals surface area contributed by atoms with E-state index in [1.807, 2.05) is 30.3 Å². The molecule has 0 saturated heterocycles. The molecule has 5 aromatic carbocycles. The molecule has 0 spiro atoms. The molecule has 7 aromatic rings. The first kappa shape index (κ1) is 28.8. The smallest absolute Gasteiger partial charge is 0.164 e. The summed E-state index contributed by atoms with van der Waals surface area (Å²) < 4.78 is 2.34. The van der Waals surface area contributed by atoms with Crippen molar-refractivity contribution in [3.8, 4) is 51.4 Å². The molecule has 0 amide bonds. The van der Waals surface area contributed by atoms with E-state index in [2.05, 4.69) is 91.0 Å². The van der Waals surface area contributed by atoms with Gasteiger partial charge in [-0.25, -0.2) is 15.0 Å². The van der Waals surface area contributed by atoms with Crippen molar-refractivity contribution in [2.24, 2.45) is 17.8 Å². The van der Waals surface area contributed by atoms with Crippen molar-refractivity contribution in [3.63, 3.8) is 0 Å². The maximum absolute atomic E-state index is 9.39. The molecule has 0 aliphatic heterocycles. The molecule has 4 aliphatic rings. The molecular weight excluding hydrogens is 617 g/mol. The van der Waals surface area contributed by atoms with Gasteiger partial charge in [0.25, 0.3) is 0 Å². The number of benzene rings is 5. The number of fused-ring (bicyclic) bond motifs is 3. The number of hydrogen-bond acceptors (Lipinski definition) is 5. The molecule has 4 bridgehead atoms. The number of rotatable bonds is 5. The Kier molecular flexibility index (Phi) is 6.57. The van der Waals surface area contributed by atoms with Crippen LogP contribution in [-0.2, 0) is 5.41 Å². The minimum Gasteiger partial charge on any atom is -0.208 e. The number of aromatic nitrogens is 3. The van der Waals surface area contributed by atoms with Crippen molar-refractivity contribution >= 4 is 31.5 Å². The Bertz CT molecular complexity index is 2400. The molecule has 5 heteroatoms. The molecule has 49 heavy (non-hydrogen) atoms. The Labute approximate surface area is 290 Å². The van der Waals surface area contributed by atoms with Gasteiger partial charge in [-0.2, -0.15) is 5.26 Å². The summed E-state index contributed by atoms with van der Waals surface area (Å²) in [5, 5.41) is 11.8. The Morgan fingerprint density at radius 3 is 1.73 bits per heavy atom. The number of thiophene rings is 1. The average molecular weight is 651 g/mol. The molecule has 4 fully saturated rings. The van der Waals surface area contributed by atoms with Crippen LogP contribution in [0.2, 0.25) is 0 Å². The van der Waals surface area contributed by atoms with E-state index < -0.39 is 0 Å². The Balaban J connectivity index is 1.03. The van der Waals surface area contributed by atoms with Crippen LogP contribution in [0.15, 0.2) is 115 Å². The van der Waals surface area contributed by atoms with Gasteiger partial charge in [0.05, 0.1) is 11.6 Å². The fourth-order valence-electron chi connectivity index (χ4n) is 9.65. The third-order valence-corrected chi connectivity index (χ3v) is 12.6. The summed E-state index contributed by atoms with van der Waals surface area (Å²) in [7, 11) is 0. The van der Waals surface area contributed by atoms with Crippen LogP contribution in [0, 0.1) is 29.1 Å². The van der Waals surface area contributed by atoms with Crippen molar-refractivity contribution in [2.75, 3.05) is 0 Å². The van der Waals surface area contributed by atoms with Crippen LogP contribution < -0.4 is 0 Å². The second-order valence-electron chi connectivity index (χ2n) is 14.7. The highest BCUT2D eigenvalue weighted by molar-refractivity contribution is 7.25. The van der Waals surface area contributed by atoms with Gasteiger partial charge in [0, 0.05) is 36.9 Å². The summed E-state index contributed by atoms with van der Waals surface area (Å²) in [4.78, 5) is 15.2. The maximum atomic E-state index is 9.39. The quantitative estimate of drug-likeness (QED) is 0.186. The summed E-state index contributed by atoms with van der Waals surface area (Å²) in [5.41, 5.74) is 7.78. The fourth-order valence-corrected chi connectivity index (χ4v) is 10.8. The largest absolute Gasteiger partial charge is 0.208 e. The van der Waals surface area contributed by atoms with Gasteiger partial charge in [-0.3, -0.25) is 0 Å². The monoisotopic (exact) mass is 650 g/mol. The highest BCUT2D eigenvalue weighted by Crippen LogP contribution is 2.60. The summed E-state index contributed by atoms with van der Waals surface area (Å²) >= 11 is 1.73. The van der Waals surface area contributed by atoms with Crippen molar-refractivity contribution in [1.29, 1.82) is 5.26 Å². The van der Waals surface area contributed by atoms with Gasteiger partial charge in [0.2, 0.25) is 0 Å². The van der Waals surface area contributed by atoms with Crippen LogP contribution in [0.25, 0.3) is 65.5 Å². The van der Waals surface area contributed by atoms with E-state index in [4.69, 9.17) is 15.0 Å². The van der Waals surface area contributed by atoms with Crippen molar-refractivity contribution in [1.82, 2.24) is 15.0 Å². The molecule has 2 heterocycles. The van der Waals surface area contributed by atoms with Crippen LogP contribution in [0.1, 0.15) is 49.7 Å². The Hall–Kier alpha value is -5.18. The van der Waals surface area contributed by atoms with Gasteiger partial charge in [-0.05, 0) is 103 Å². The molecule has 11 rings (SSSR count). The first-order chi connectivity index (χ1) is 24.1. The molecule has 4 saturated carbocycles. The molecule has 236 valence electrons. The third-order valence-electron chi connectivity index (χ3n) is 11.5. The van der Waals surface area contributed by atoms with Gasteiger partial charge < -0.3 is 0 Å². The average Bonchev–Trinajstić information content (AvgIpc) is 3.52. The SMILES string of the molecule is N#Cc1ccc2c(c1)sc1cc(-c3cccc(-c4nc(-c5ccccc5)nc(-c5ccc(C67C[C@H]8C[C@@H](C6)C[C@@H](C7)C8)cc5)n4)c3)ccc12. The second kappa shape index (κ2) is 11.2. The van der Waals surface area contributed by atoms with Gasteiger partial charge in [0.1, 0.15) is 0 Å². The zero-order valence-electron chi connectivity index (χ0n) is 27.1. The molecule has 0 radical (unpaired) electrons. The Morgan fingerprint density at radius 2 is 1.06 bits per heavy atom. The second-order valence-corrected chi connectivity index (χ2v) is 15.7. The minimum absolute atomic E-state index is 0.367. The number of nitrogens with zero attached hydrogens (tertiary/aromatic N) is 4. The van der Waals surface area contributed by atoms with Crippen LogP contribution in [0.5, 0.6) is 0 Å². The summed E-state index contributed by atoms with van der Waals surface area (Å²) in [6.45, 7) is 0. The third kappa shape index (κ3) is 4.97. The van der Waals surface area contributed by atoms with E-state index in [1.54, 1.807) is 11.3 Å². The van der Waals surface area contributed by atoms with Crippen molar-refractivity contribution in [2.45, 2.75) is 43.9 Å². The van der Waals surface area contributed by atoms with E-state index in [0.717, 1.165) is 50.3 Å². The van der Waals surface area contributed by atoms with E-state index in [1.165, 1.54) is 59.6 Å². The summed E-state index contributed by atoms with van der Waals surface area (Å²) in [6.07, 6.45) is 8.46. The predicted molar refractivity (Wildman–Crippen MR) is 199 cm³/mol. The fraction of sp³-hybridized carbons (Fsp3) is 0.227. The number of nitriles is 1. The van der Waals surface area contributed by atoms with E-state index in [9.17, 15) is 5.26 Å². The van der Waals surface area contributed by atoms with Gasteiger partial charge in [0.15, 0.2) is 17.5 Å². The van der Waals surface area contributed by atoms with E-state index in [-0.39, 0.29) is 0 Å². The van der Waals surface area contributed by atoms with Crippen LogP contribution in [-0.4, -0.2) is 15.0 Å². The van der Waals surface area contributed by atoms with Gasteiger partial charge in [-0.15, -0.1) is 11.3 Å². The molecule has 0 N–H and O–H groups in total. The zero-order valence-corrected chi connectivity index (χ0v) is 28.0. The lowest BCUT2D eigenvalue weighted by molar-refractivity contribution is -0.00518. The van der Waals surface area contributed by atoms with Gasteiger partial charge in [-0.1, -0.05) is 91.0 Å². The molecule has 0 atom stereocenters. The van der Waals surface area contributed by atoms with Gasteiger partial charge >= 0.3 is 0 Å². The van der Waals surface area contributed by atoms with Crippen LogP contribution in [0.4, 0.5) is 0 Å². The highest BCUT2D eigenvalue weighted by atomic mass is 32.1.